The number of aromatic nitrogens is 1. The molecule has 0 saturated heterocycles. The summed E-state index contributed by atoms with van der Waals surface area (Å²) in [6.45, 7) is 5.51. The maximum absolute atomic E-state index is 11.5. The van der Waals surface area contributed by atoms with Crippen molar-refractivity contribution >= 4 is 34.8 Å². The monoisotopic (exact) mass is 249 g/mol. The van der Waals surface area contributed by atoms with Gasteiger partial charge in [0.15, 0.2) is 5.13 Å². The van der Waals surface area contributed by atoms with E-state index in [-0.39, 0.29) is 30.3 Å². The van der Waals surface area contributed by atoms with Gasteiger partial charge in [0.25, 0.3) is 0 Å². The molecule has 2 atom stereocenters. The van der Waals surface area contributed by atoms with Crippen molar-refractivity contribution in [1.82, 2.24) is 4.98 Å². The summed E-state index contributed by atoms with van der Waals surface area (Å²) < 4.78 is 0. The van der Waals surface area contributed by atoms with Crippen molar-refractivity contribution in [2.45, 2.75) is 26.8 Å². The van der Waals surface area contributed by atoms with Crippen LogP contribution >= 0.6 is 23.7 Å². The number of rotatable bonds is 3. The van der Waals surface area contributed by atoms with Crippen LogP contribution in [0.15, 0.2) is 5.38 Å². The molecule has 15 heavy (non-hydrogen) atoms. The van der Waals surface area contributed by atoms with Gasteiger partial charge < -0.3 is 11.1 Å². The standard InChI is InChI=1S/C9H15N3OS.ClH/c1-5-4-14-9(11-5)12-8(13)6(2)7(3)10;/h4,6-7H,10H2,1-3H3,(H,11,12,13);1H. The summed E-state index contributed by atoms with van der Waals surface area (Å²) in [6.07, 6.45) is 0. The summed E-state index contributed by atoms with van der Waals surface area (Å²) in [5.74, 6) is -0.270. The highest BCUT2D eigenvalue weighted by molar-refractivity contribution is 7.13. The van der Waals surface area contributed by atoms with Crippen LogP contribution in [-0.4, -0.2) is 16.9 Å². The fourth-order valence-electron chi connectivity index (χ4n) is 0.869. The van der Waals surface area contributed by atoms with Gasteiger partial charge in [0, 0.05) is 11.4 Å². The van der Waals surface area contributed by atoms with Crippen LogP contribution in [0.4, 0.5) is 5.13 Å². The van der Waals surface area contributed by atoms with Gasteiger partial charge in [-0.05, 0) is 13.8 Å². The Labute approximate surface area is 99.7 Å². The van der Waals surface area contributed by atoms with E-state index in [0.717, 1.165) is 5.69 Å². The third-order valence-corrected chi connectivity index (χ3v) is 2.93. The van der Waals surface area contributed by atoms with E-state index in [2.05, 4.69) is 10.3 Å². The van der Waals surface area contributed by atoms with E-state index in [9.17, 15) is 4.79 Å². The molecule has 1 heterocycles. The Morgan fingerprint density at radius 1 is 1.60 bits per heavy atom. The van der Waals surface area contributed by atoms with Crippen molar-refractivity contribution in [2.75, 3.05) is 5.32 Å². The Hall–Kier alpha value is -0.650. The summed E-state index contributed by atoms with van der Waals surface area (Å²) in [4.78, 5) is 15.7. The van der Waals surface area contributed by atoms with Gasteiger partial charge in [-0.2, -0.15) is 0 Å². The van der Waals surface area contributed by atoms with Crippen LogP contribution in [0, 0.1) is 12.8 Å². The summed E-state index contributed by atoms with van der Waals surface area (Å²) in [5.41, 5.74) is 6.53. The minimum Gasteiger partial charge on any atom is -0.327 e. The lowest BCUT2D eigenvalue weighted by molar-refractivity contribution is -0.119. The number of carbonyl (C=O) groups excluding carboxylic acids is 1. The molecule has 3 N–H and O–H groups in total. The second-order valence-corrected chi connectivity index (χ2v) is 4.29. The molecule has 1 aromatic heterocycles. The number of halogens is 1. The number of amides is 1. The molecule has 0 aliphatic carbocycles. The smallest absolute Gasteiger partial charge is 0.230 e. The molecule has 0 bridgehead atoms. The van der Waals surface area contributed by atoms with Crippen LogP contribution in [0.25, 0.3) is 0 Å². The van der Waals surface area contributed by atoms with Crippen molar-refractivity contribution in [1.29, 1.82) is 0 Å². The molecule has 4 nitrogen and oxygen atoms in total. The van der Waals surface area contributed by atoms with Crippen LogP contribution in [0.3, 0.4) is 0 Å². The molecule has 1 rings (SSSR count). The first-order chi connectivity index (χ1) is 6.50. The van der Waals surface area contributed by atoms with Crippen LogP contribution < -0.4 is 11.1 Å². The summed E-state index contributed by atoms with van der Waals surface area (Å²) in [6, 6.07) is -0.143. The predicted octanol–water partition coefficient (Wildman–Crippen LogP) is 1.80. The fraction of sp³-hybridized carbons (Fsp3) is 0.556. The first-order valence-electron chi connectivity index (χ1n) is 4.49. The summed E-state index contributed by atoms with van der Waals surface area (Å²) in [5, 5.41) is 5.27. The minimum absolute atomic E-state index is 0. The number of nitrogens with two attached hydrogens (primary N) is 1. The van der Waals surface area contributed by atoms with E-state index in [1.165, 1.54) is 11.3 Å². The molecule has 0 spiro atoms. The number of carbonyl (C=O) groups is 1. The van der Waals surface area contributed by atoms with Gasteiger partial charge in [-0.1, -0.05) is 6.92 Å². The second kappa shape index (κ2) is 6.05. The number of aryl methyl sites for hydroxylation is 1. The second-order valence-electron chi connectivity index (χ2n) is 3.43. The largest absolute Gasteiger partial charge is 0.327 e. The zero-order chi connectivity index (χ0) is 10.7. The van der Waals surface area contributed by atoms with Crippen LogP contribution in [0.2, 0.25) is 0 Å². The molecule has 0 fully saturated rings. The number of hydrogen-bond acceptors (Lipinski definition) is 4. The average Bonchev–Trinajstić information content (AvgIpc) is 2.49. The first-order valence-corrected chi connectivity index (χ1v) is 5.37. The van der Waals surface area contributed by atoms with Crippen LogP contribution in [0.5, 0.6) is 0 Å². The van der Waals surface area contributed by atoms with Gasteiger partial charge in [0.05, 0.1) is 11.6 Å². The van der Waals surface area contributed by atoms with Crippen molar-refractivity contribution in [3.05, 3.63) is 11.1 Å². The molecule has 0 aliphatic rings. The van der Waals surface area contributed by atoms with E-state index < -0.39 is 0 Å². The van der Waals surface area contributed by atoms with E-state index in [4.69, 9.17) is 5.73 Å². The maximum Gasteiger partial charge on any atom is 0.230 e. The predicted molar refractivity (Wildman–Crippen MR) is 65.5 cm³/mol. The zero-order valence-electron chi connectivity index (χ0n) is 8.98. The van der Waals surface area contributed by atoms with Crippen molar-refractivity contribution in [3.63, 3.8) is 0 Å². The highest BCUT2D eigenvalue weighted by Crippen LogP contribution is 2.15. The maximum atomic E-state index is 11.5. The van der Waals surface area contributed by atoms with E-state index in [1.54, 1.807) is 6.92 Å². The van der Waals surface area contributed by atoms with Gasteiger partial charge in [0.2, 0.25) is 5.91 Å². The van der Waals surface area contributed by atoms with Crippen molar-refractivity contribution in [2.24, 2.45) is 11.7 Å². The van der Waals surface area contributed by atoms with E-state index in [0.29, 0.717) is 5.13 Å². The Kier molecular flexibility index (Phi) is 5.79. The molecule has 1 amide bonds. The van der Waals surface area contributed by atoms with Gasteiger partial charge in [0.1, 0.15) is 0 Å². The van der Waals surface area contributed by atoms with E-state index >= 15 is 0 Å². The highest BCUT2D eigenvalue weighted by Gasteiger charge is 2.17. The zero-order valence-corrected chi connectivity index (χ0v) is 10.6. The Morgan fingerprint density at radius 3 is 2.60 bits per heavy atom. The van der Waals surface area contributed by atoms with Crippen molar-refractivity contribution < 1.29 is 4.79 Å². The molecule has 0 radical (unpaired) electrons. The topological polar surface area (TPSA) is 68.0 Å². The molecule has 0 aromatic carbocycles. The van der Waals surface area contributed by atoms with Gasteiger partial charge in [-0.15, -0.1) is 23.7 Å². The lowest BCUT2D eigenvalue weighted by atomic mass is 10.0. The molecular formula is C9H16ClN3OS. The summed E-state index contributed by atoms with van der Waals surface area (Å²) in [7, 11) is 0. The lowest BCUT2D eigenvalue weighted by Crippen LogP contribution is -2.34. The normalized spacial score (nSPS) is 13.9. The number of thiazole rings is 1. The van der Waals surface area contributed by atoms with Gasteiger partial charge in [-0.3, -0.25) is 4.79 Å². The molecule has 0 aliphatic heterocycles. The Bertz CT molecular complexity index is 327. The molecule has 86 valence electrons. The highest BCUT2D eigenvalue weighted by atomic mass is 35.5. The third-order valence-electron chi connectivity index (χ3n) is 2.05. The quantitative estimate of drug-likeness (QED) is 0.858. The molecule has 2 unspecified atom stereocenters. The summed E-state index contributed by atoms with van der Waals surface area (Å²) >= 11 is 1.42. The Morgan fingerprint density at radius 2 is 2.20 bits per heavy atom. The molecule has 6 heteroatoms. The van der Waals surface area contributed by atoms with Gasteiger partial charge in [-0.25, -0.2) is 4.98 Å². The first kappa shape index (κ1) is 14.3. The van der Waals surface area contributed by atoms with Gasteiger partial charge >= 0.3 is 0 Å². The SMILES string of the molecule is Cc1csc(NC(=O)C(C)C(C)N)n1.Cl. The average molecular weight is 250 g/mol. The number of hydrogen-bond donors (Lipinski definition) is 2. The molecular weight excluding hydrogens is 234 g/mol. The number of nitrogens with one attached hydrogen (secondary N) is 1. The molecule has 0 saturated carbocycles. The van der Waals surface area contributed by atoms with E-state index in [1.807, 2.05) is 19.2 Å². The number of anilines is 1. The van der Waals surface area contributed by atoms with Crippen LogP contribution in [0.1, 0.15) is 19.5 Å². The minimum atomic E-state index is -0.195. The Balaban J connectivity index is 0.00000196. The molecule has 1 aromatic rings. The third kappa shape index (κ3) is 4.15. The fourth-order valence-corrected chi connectivity index (χ4v) is 1.56. The van der Waals surface area contributed by atoms with Crippen molar-refractivity contribution in [3.8, 4) is 0 Å². The lowest BCUT2D eigenvalue weighted by Gasteiger charge is -2.13. The number of nitrogens with zero attached hydrogens (tertiary/aromatic N) is 1. The van der Waals surface area contributed by atoms with Crippen LogP contribution in [-0.2, 0) is 4.79 Å².